The molecule has 5 nitrogen and oxygen atoms in total. The van der Waals surface area contributed by atoms with Crippen LogP contribution in [0.4, 0.5) is 5.69 Å². The van der Waals surface area contributed by atoms with E-state index in [4.69, 9.17) is 11.6 Å². The van der Waals surface area contributed by atoms with E-state index < -0.39 is 12.1 Å². The van der Waals surface area contributed by atoms with Gasteiger partial charge >= 0.3 is 5.97 Å². The van der Waals surface area contributed by atoms with Crippen molar-refractivity contribution in [3.05, 3.63) is 28.8 Å². The lowest BCUT2D eigenvalue weighted by molar-refractivity contribution is -0.150. The monoisotopic (exact) mass is 298 g/mol. The summed E-state index contributed by atoms with van der Waals surface area (Å²) in [6.07, 6.45) is -1.29. The minimum absolute atomic E-state index is 0.444. The number of methoxy groups -OCH3 is 1. The number of piperazine rings is 1. The summed E-state index contributed by atoms with van der Waals surface area (Å²) in [5, 5.41) is 10.3. The van der Waals surface area contributed by atoms with Crippen molar-refractivity contribution in [1.29, 1.82) is 0 Å². The van der Waals surface area contributed by atoms with Crippen molar-refractivity contribution in [2.45, 2.75) is 6.10 Å². The Bertz CT molecular complexity index is 487. The summed E-state index contributed by atoms with van der Waals surface area (Å²) in [5.74, 6) is -0.687. The molecule has 1 aromatic carbocycles. The molecular weight excluding hydrogens is 280 g/mol. The summed E-state index contributed by atoms with van der Waals surface area (Å²) < 4.78 is 4.52. The van der Waals surface area contributed by atoms with Gasteiger partial charge in [-0.3, -0.25) is 0 Å². The van der Waals surface area contributed by atoms with Gasteiger partial charge in [0.25, 0.3) is 0 Å². The smallest absolute Gasteiger partial charge is 0.339 e. The molecule has 0 aliphatic carbocycles. The number of nitrogens with zero attached hydrogens (tertiary/aromatic N) is 2. The van der Waals surface area contributed by atoms with Gasteiger partial charge in [-0.05, 0) is 24.7 Å². The van der Waals surface area contributed by atoms with E-state index in [9.17, 15) is 9.90 Å². The summed E-state index contributed by atoms with van der Waals surface area (Å²) >= 11 is 6.27. The number of aliphatic hydroxyl groups excluding tert-OH is 1. The number of carbonyl (C=O) groups is 1. The molecule has 1 fully saturated rings. The Kier molecular flexibility index (Phi) is 4.86. The van der Waals surface area contributed by atoms with Crippen molar-refractivity contribution in [3.8, 4) is 0 Å². The Hall–Kier alpha value is -1.30. The molecular formula is C14H19ClN2O3. The number of aliphatic hydroxyl groups is 1. The quantitative estimate of drug-likeness (QED) is 0.853. The van der Waals surface area contributed by atoms with Crippen LogP contribution in [0, 0.1) is 0 Å². The second kappa shape index (κ2) is 6.43. The van der Waals surface area contributed by atoms with E-state index in [1.807, 2.05) is 6.07 Å². The highest BCUT2D eigenvalue weighted by Gasteiger charge is 2.21. The van der Waals surface area contributed by atoms with Gasteiger partial charge < -0.3 is 19.6 Å². The fraction of sp³-hybridized carbons (Fsp3) is 0.500. The molecule has 1 atom stereocenters. The highest BCUT2D eigenvalue weighted by molar-refractivity contribution is 6.33. The van der Waals surface area contributed by atoms with E-state index in [-0.39, 0.29) is 0 Å². The Morgan fingerprint density at radius 3 is 2.55 bits per heavy atom. The van der Waals surface area contributed by atoms with Crippen molar-refractivity contribution in [2.75, 3.05) is 45.2 Å². The van der Waals surface area contributed by atoms with E-state index in [2.05, 4.69) is 21.6 Å². The summed E-state index contributed by atoms with van der Waals surface area (Å²) in [5.41, 5.74) is 1.38. The van der Waals surface area contributed by atoms with Gasteiger partial charge in [0.1, 0.15) is 0 Å². The number of benzene rings is 1. The maximum Gasteiger partial charge on any atom is 0.339 e. The summed E-state index contributed by atoms with van der Waals surface area (Å²) in [4.78, 5) is 15.8. The zero-order valence-electron chi connectivity index (χ0n) is 11.7. The number of esters is 1. The molecule has 1 unspecified atom stereocenters. The molecule has 0 spiro atoms. The molecule has 1 aromatic rings. The van der Waals surface area contributed by atoms with Gasteiger partial charge in [0.2, 0.25) is 0 Å². The zero-order chi connectivity index (χ0) is 14.7. The van der Waals surface area contributed by atoms with Gasteiger partial charge in [0.05, 0.1) is 17.8 Å². The van der Waals surface area contributed by atoms with Gasteiger partial charge in [-0.15, -0.1) is 0 Å². The van der Waals surface area contributed by atoms with Crippen molar-refractivity contribution in [2.24, 2.45) is 0 Å². The third-order valence-electron chi connectivity index (χ3n) is 3.56. The van der Waals surface area contributed by atoms with Crippen LogP contribution >= 0.6 is 11.6 Å². The number of likely N-dealkylation sites (N-methyl/N-ethyl adjacent to an activating group) is 1. The molecule has 0 radical (unpaired) electrons. The highest BCUT2D eigenvalue weighted by atomic mass is 35.5. The third-order valence-corrected chi connectivity index (χ3v) is 3.86. The van der Waals surface area contributed by atoms with E-state index in [1.165, 1.54) is 7.11 Å². The van der Waals surface area contributed by atoms with Crippen LogP contribution < -0.4 is 4.90 Å². The van der Waals surface area contributed by atoms with Crippen LogP contribution in [-0.4, -0.2) is 56.3 Å². The Labute approximate surface area is 123 Å². The SMILES string of the molecule is COC(=O)C(O)c1ccc(N2CCN(C)CC2)c(Cl)c1. The van der Waals surface area contributed by atoms with Crippen LogP contribution in [-0.2, 0) is 9.53 Å². The normalized spacial score (nSPS) is 17.9. The molecule has 1 aliphatic rings. The lowest BCUT2D eigenvalue weighted by atomic mass is 10.1. The average Bonchev–Trinajstić information content (AvgIpc) is 2.46. The second-order valence-corrected chi connectivity index (χ2v) is 5.33. The standard InChI is InChI=1S/C14H19ClN2O3/c1-16-5-7-17(8-6-16)12-4-3-10(9-11(12)15)13(18)14(19)20-2/h3-4,9,13,18H,5-8H2,1-2H3. The van der Waals surface area contributed by atoms with Crippen LogP contribution in [0.25, 0.3) is 0 Å². The number of carbonyl (C=O) groups excluding carboxylic acids is 1. The molecule has 0 aromatic heterocycles. The third kappa shape index (κ3) is 3.23. The van der Waals surface area contributed by atoms with E-state index in [0.29, 0.717) is 10.6 Å². The van der Waals surface area contributed by atoms with Crippen molar-refractivity contribution in [3.63, 3.8) is 0 Å². The number of hydrogen-bond donors (Lipinski definition) is 1. The van der Waals surface area contributed by atoms with Crippen LogP contribution in [0.15, 0.2) is 18.2 Å². The van der Waals surface area contributed by atoms with Crippen LogP contribution in [0.5, 0.6) is 0 Å². The molecule has 0 saturated carbocycles. The van der Waals surface area contributed by atoms with Crippen LogP contribution in [0.3, 0.4) is 0 Å². The highest BCUT2D eigenvalue weighted by Crippen LogP contribution is 2.30. The molecule has 110 valence electrons. The first-order chi connectivity index (χ1) is 9.52. The predicted molar refractivity (Wildman–Crippen MR) is 78.1 cm³/mol. The first kappa shape index (κ1) is 15.1. The van der Waals surface area contributed by atoms with E-state index >= 15 is 0 Å². The number of rotatable bonds is 3. The van der Waals surface area contributed by atoms with Gasteiger partial charge in [-0.2, -0.15) is 0 Å². The molecule has 1 aliphatic heterocycles. The Morgan fingerprint density at radius 2 is 2.00 bits per heavy atom. The van der Waals surface area contributed by atoms with Crippen molar-refractivity contribution >= 4 is 23.3 Å². The van der Waals surface area contributed by atoms with E-state index in [1.54, 1.807) is 12.1 Å². The zero-order valence-corrected chi connectivity index (χ0v) is 12.4. The fourth-order valence-corrected chi connectivity index (χ4v) is 2.55. The topological polar surface area (TPSA) is 53.0 Å². The Balaban J connectivity index is 2.15. The lowest BCUT2D eigenvalue weighted by Crippen LogP contribution is -2.44. The van der Waals surface area contributed by atoms with Gasteiger partial charge in [0, 0.05) is 26.2 Å². The minimum Gasteiger partial charge on any atom is -0.467 e. The number of anilines is 1. The molecule has 1 heterocycles. The minimum atomic E-state index is -1.29. The summed E-state index contributed by atoms with van der Waals surface area (Å²) in [6, 6.07) is 5.17. The predicted octanol–water partition coefficient (Wildman–Crippen LogP) is 1.30. The molecule has 0 amide bonds. The van der Waals surface area contributed by atoms with Gasteiger partial charge in [0.15, 0.2) is 6.10 Å². The van der Waals surface area contributed by atoms with E-state index in [0.717, 1.165) is 31.9 Å². The molecule has 6 heteroatoms. The lowest BCUT2D eigenvalue weighted by Gasteiger charge is -2.34. The van der Waals surface area contributed by atoms with Gasteiger partial charge in [-0.25, -0.2) is 4.79 Å². The molecule has 20 heavy (non-hydrogen) atoms. The maximum atomic E-state index is 11.3. The summed E-state index contributed by atoms with van der Waals surface area (Å²) in [7, 11) is 3.33. The van der Waals surface area contributed by atoms with Crippen LogP contribution in [0.2, 0.25) is 5.02 Å². The van der Waals surface area contributed by atoms with Crippen molar-refractivity contribution < 1.29 is 14.6 Å². The first-order valence-electron chi connectivity index (χ1n) is 6.51. The second-order valence-electron chi connectivity index (χ2n) is 4.93. The average molecular weight is 299 g/mol. The number of halogens is 1. The van der Waals surface area contributed by atoms with Crippen molar-refractivity contribution in [1.82, 2.24) is 4.90 Å². The molecule has 1 N–H and O–H groups in total. The first-order valence-corrected chi connectivity index (χ1v) is 6.89. The van der Waals surface area contributed by atoms with Gasteiger partial charge in [-0.1, -0.05) is 17.7 Å². The fourth-order valence-electron chi connectivity index (χ4n) is 2.24. The number of ether oxygens (including phenoxy) is 1. The largest absolute Gasteiger partial charge is 0.467 e. The molecule has 2 rings (SSSR count). The molecule has 1 saturated heterocycles. The maximum absolute atomic E-state index is 11.3. The molecule has 0 bridgehead atoms. The summed E-state index contributed by atoms with van der Waals surface area (Å²) in [6.45, 7) is 3.80. The van der Waals surface area contributed by atoms with Crippen LogP contribution in [0.1, 0.15) is 11.7 Å². The number of hydrogen-bond acceptors (Lipinski definition) is 5. The Morgan fingerprint density at radius 1 is 1.35 bits per heavy atom.